The Labute approximate surface area is 190 Å². The van der Waals surface area contributed by atoms with Crippen molar-refractivity contribution >= 4 is 27.5 Å². The summed E-state index contributed by atoms with van der Waals surface area (Å²) in [5.41, 5.74) is 3.21. The third kappa shape index (κ3) is 7.83. The van der Waals surface area contributed by atoms with E-state index in [4.69, 9.17) is 16.3 Å². The van der Waals surface area contributed by atoms with Crippen molar-refractivity contribution in [2.45, 2.75) is 58.9 Å². The molecule has 0 aliphatic rings. The smallest absolute Gasteiger partial charge is 0.258 e. The fourth-order valence-corrected chi connectivity index (χ4v) is 4.78. The minimum atomic E-state index is -3.46. The number of ether oxygens (including phenoxy) is 1. The van der Waals surface area contributed by atoms with Crippen LogP contribution in [0.2, 0.25) is 5.02 Å². The highest BCUT2D eigenvalue weighted by molar-refractivity contribution is 7.88. The minimum Gasteiger partial charge on any atom is -0.483 e. The molecule has 8 heteroatoms. The second-order valence-electron chi connectivity index (χ2n) is 8.16. The number of sulfonamides is 1. The Morgan fingerprint density at radius 1 is 1.10 bits per heavy atom. The van der Waals surface area contributed by atoms with Gasteiger partial charge in [0, 0.05) is 17.6 Å². The van der Waals surface area contributed by atoms with Gasteiger partial charge in [-0.3, -0.25) is 4.79 Å². The van der Waals surface area contributed by atoms with E-state index in [2.05, 4.69) is 10.0 Å². The number of benzene rings is 2. The van der Waals surface area contributed by atoms with E-state index >= 15 is 0 Å². The van der Waals surface area contributed by atoms with Crippen LogP contribution in [-0.2, 0) is 27.1 Å². The van der Waals surface area contributed by atoms with Crippen molar-refractivity contribution < 1.29 is 17.9 Å². The molecule has 2 N–H and O–H groups in total. The van der Waals surface area contributed by atoms with Gasteiger partial charge in [-0.15, -0.1) is 0 Å². The van der Waals surface area contributed by atoms with E-state index in [1.165, 1.54) is 0 Å². The van der Waals surface area contributed by atoms with Crippen LogP contribution in [0.4, 0.5) is 0 Å². The minimum absolute atomic E-state index is 0.143. The summed E-state index contributed by atoms with van der Waals surface area (Å²) >= 11 is 6.22. The maximum absolute atomic E-state index is 12.4. The molecule has 0 atom stereocenters. The maximum Gasteiger partial charge on any atom is 0.258 e. The third-order valence-corrected chi connectivity index (χ3v) is 6.56. The molecule has 2 aromatic rings. The van der Waals surface area contributed by atoms with Crippen molar-refractivity contribution in [3.8, 4) is 5.75 Å². The fraction of sp³-hybridized carbons (Fsp3) is 0.435. The van der Waals surface area contributed by atoms with Gasteiger partial charge < -0.3 is 10.1 Å². The van der Waals surface area contributed by atoms with Crippen LogP contribution in [-0.4, -0.2) is 27.0 Å². The van der Waals surface area contributed by atoms with Crippen molar-refractivity contribution in [2.75, 3.05) is 6.61 Å². The first kappa shape index (κ1) is 25.2. The summed E-state index contributed by atoms with van der Waals surface area (Å²) in [7, 11) is -3.46. The maximum atomic E-state index is 12.4. The Morgan fingerprint density at radius 2 is 1.74 bits per heavy atom. The van der Waals surface area contributed by atoms with Gasteiger partial charge >= 0.3 is 0 Å². The van der Waals surface area contributed by atoms with Crippen molar-refractivity contribution in [3.05, 3.63) is 63.7 Å². The third-order valence-electron chi connectivity index (χ3n) is 4.63. The molecule has 0 saturated heterocycles. The first-order chi connectivity index (χ1) is 14.5. The first-order valence-corrected chi connectivity index (χ1v) is 12.3. The highest BCUT2D eigenvalue weighted by Gasteiger charge is 2.16. The number of hydrogen-bond donors (Lipinski definition) is 2. The molecular formula is C23H31ClN2O4S. The van der Waals surface area contributed by atoms with Gasteiger partial charge in [0.1, 0.15) is 5.75 Å². The summed E-state index contributed by atoms with van der Waals surface area (Å²) in [4.78, 5) is 12.4. The van der Waals surface area contributed by atoms with Gasteiger partial charge in [0.2, 0.25) is 10.0 Å². The van der Waals surface area contributed by atoms with Gasteiger partial charge in [0.05, 0.1) is 5.75 Å². The molecule has 0 aliphatic heterocycles. The normalized spacial score (nSPS) is 11.7. The molecule has 2 rings (SSSR count). The van der Waals surface area contributed by atoms with Gasteiger partial charge in [-0.05, 0) is 61.1 Å². The number of carbonyl (C=O) groups is 1. The molecule has 0 fully saturated rings. The standard InChI is InChI=1S/C23H31ClN2O4S/c1-15(2)20-11-21(24)17(5)10-22(20)30-13-23(27)25-12-18-8-6-7-9-19(18)14-31(28,29)26-16(3)4/h6-11,15-16,26H,12-14H2,1-5H3,(H,25,27). The van der Waals surface area contributed by atoms with Crippen LogP contribution in [0.15, 0.2) is 36.4 Å². The van der Waals surface area contributed by atoms with Crippen LogP contribution < -0.4 is 14.8 Å². The summed E-state index contributed by atoms with van der Waals surface area (Å²) in [5.74, 6) is 0.401. The molecular weight excluding hydrogens is 436 g/mol. The Bertz CT molecular complexity index is 1020. The SMILES string of the molecule is Cc1cc(OCC(=O)NCc2ccccc2CS(=O)(=O)NC(C)C)c(C(C)C)cc1Cl. The van der Waals surface area contributed by atoms with E-state index in [9.17, 15) is 13.2 Å². The van der Waals surface area contributed by atoms with Gasteiger partial charge in [-0.25, -0.2) is 13.1 Å². The lowest BCUT2D eigenvalue weighted by atomic mass is 10.0. The zero-order valence-electron chi connectivity index (χ0n) is 18.7. The molecule has 0 saturated carbocycles. The van der Waals surface area contributed by atoms with E-state index in [1.54, 1.807) is 32.0 Å². The lowest BCUT2D eigenvalue weighted by molar-refractivity contribution is -0.123. The molecule has 6 nitrogen and oxygen atoms in total. The average Bonchev–Trinajstić information content (AvgIpc) is 2.66. The highest BCUT2D eigenvalue weighted by Crippen LogP contribution is 2.31. The van der Waals surface area contributed by atoms with E-state index in [-0.39, 0.29) is 36.8 Å². The zero-order chi connectivity index (χ0) is 23.2. The number of halogens is 1. The summed E-state index contributed by atoms with van der Waals surface area (Å²) in [6, 6.07) is 10.7. The van der Waals surface area contributed by atoms with Crippen molar-refractivity contribution in [2.24, 2.45) is 0 Å². The molecule has 2 aromatic carbocycles. The first-order valence-electron chi connectivity index (χ1n) is 10.2. The van der Waals surface area contributed by atoms with Gasteiger partial charge in [0.15, 0.2) is 6.61 Å². The second-order valence-corrected chi connectivity index (χ2v) is 10.3. The Kier molecular flexibility index (Phi) is 8.91. The molecule has 0 heterocycles. The van der Waals surface area contributed by atoms with Crippen molar-refractivity contribution in [1.82, 2.24) is 10.0 Å². The zero-order valence-corrected chi connectivity index (χ0v) is 20.2. The van der Waals surface area contributed by atoms with Gasteiger partial charge in [-0.1, -0.05) is 49.7 Å². The summed E-state index contributed by atoms with van der Waals surface area (Å²) < 4.78 is 32.9. The lowest BCUT2D eigenvalue weighted by Crippen LogP contribution is -2.32. The van der Waals surface area contributed by atoms with E-state index in [0.29, 0.717) is 16.3 Å². The number of amides is 1. The van der Waals surface area contributed by atoms with E-state index < -0.39 is 10.0 Å². The average molecular weight is 467 g/mol. The topological polar surface area (TPSA) is 84.5 Å². The number of nitrogens with one attached hydrogen (secondary N) is 2. The number of rotatable bonds is 10. The Hall–Kier alpha value is -2.09. The summed E-state index contributed by atoms with van der Waals surface area (Å²) in [6.07, 6.45) is 0. The molecule has 0 aliphatic carbocycles. The number of hydrogen-bond acceptors (Lipinski definition) is 4. The van der Waals surface area contributed by atoms with Crippen LogP contribution >= 0.6 is 11.6 Å². The fourth-order valence-electron chi connectivity index (χ4n) is 3.11. The molecule has 0 radical (unpaired) electrons. The quantitative estimate of drug-likeness (QED) is 0.546. The molecule has 1 amide bonds. The highest BCUT2D eigenvalue weighted by atomic mass is 35.5. The van der Waals surface area contributed by atoms with Crippen LogP contribution in [0.1, 0.15) is 55.9 Å². The van der Waals surface area contributed by atoms with Crippen molar-refractivity contribution in [3.63, 3.8) is 0 Å². The summed E-state index contributed by atoms with van der Waals surface area (Å²) in [5, 5.41) is 3.47. The Morgan fingerprint density at radius 3 is 2.35 bits per heavy atom. The van der Waals surface area contributed by atoms with Crippen LogP contribution in [0.25, 0.3) is 0 Å². The van der Waals surface area contributed by atoms with Crippen molar-refractivity contribution in [1.29, 1.82) is 0 Å². The van der Waals surface area contributed by atoms with Crippen LogP contribution in [0.5, 0.6) is 5.75 Å². The summed E-state index contributed by atoms with van der Waals surface area (Å²) in [6.45, 7) is 9.58. The second kappa shape index (κ2) is 11.0. The molecule has 0 aromatic heterocycles. The molecule has 0 bridgehead atoms. The van der Waals surface area contributed by atoms with E-state index in [0.717, 1.165) is 16.7 Å². The molecule has 170 valence electrons. The van der Waals surface area contributed by atoms with Crippen LogP contribution in [0.3, 0.4) is 0 Å². The largest absolute Gasteiger partial charge is 0.483 e. The lowest BCUT2D eigenvalue weighted by Gasteiger charge is -2.16. The predicted molar refractivity (Wildman–Crippen MR) is 125 cm³/mol. The van der Waals surface area contributed by atoms with Crippen LogP contribution in [0, 0.1) is 6.92 Å². The van der Waals surface area contributed by atoms with E-state index in [1.807, 2.05) is 39.0 Å². The number of aryl methyl sites for hydroxylation is 1. The van der Waals surface area contributed by atoms with Gasteiger partial charge in [-0.2, -0.15) is 0 Å². The predicted octanol–water partition coefficient (Wildman–Crippen LogP) is 4.29. The molecule has 0 unspecified atom stereocenters. The number of carbonyl (C=O) groups excluding carboxylic acids is 1. The molecule has 31 heavy (non-hydrogen) atoms. The molecule has 0 spiro atoms. The monoisotopic (exact) mass is 466 g/mol. The van der Waals surface area contributed by atoms with Gasteiger partial charge in [0.25, 0.3) is 5.91 Å². The Balaban J connectivity index is 2.01.